The lowest BCUT2D eigenvalue weighted by atomic mass is 10.2. The summed E-state index contributed by atoms with van der Waals surface area (Å²) in [6, 6.07) is 3.53. The number of aromatic nitrogens is 2. The van der Waals surface area contributed by atoms with Gasteiger partial charge in [0.05, 0.1) is 11.1 Å². The zero-order valence-electron chi connectivity index (χ0n) is 11.3. The molecule has 0 aliphatic rings. The summed E-state index contributed by atoms with van der Waals surface area (Å²) in [6.45, 7) is 5.27. The molecule has 1 amide bonds. The summed E-state index contributed by atoms with van der Waals surface area (Å²) < 4.78 is 7.47. The molecular weight excluding hydrogens is 326 g/mol. The zero-order valence-corrected chi connectivity index (χ0v) is 12.9. The van der Waals surface area contributed by atoms with Crippen molar-refractivity contribution < 1.29 is 14.3 Å². The van der Waals surface area contributed by atoms with Gasteiger partial charge in [-0.1, -0.05) is 15.9 Å². The Kier molecular flexibility index (Phi) is 3.80. The predicted octanol–water partition coefficient (Wildman–Crippen LogP) is 3.26. The highest BCUT2D eigenvalue weighted by atomic mass is 79.9. The third kappa shape index (κ3) is 3.16. The van der Waals surface area contributed by atoms with E-state index in [9.17, 15) is 9.59 Å². The van der Waals surface area contributed by atoms with E-state index >= 15 is 0 Å². The molecule has 0 aliphatic heterocycles. The molecule has 0 radical (unpaired) electrons. The number of fused-ring (bicyclic) bond motifs is 1. The van der Waals surface area contributed by atoms with Gasteiger partial charge in [0.2, 0.25) is 0 Å². The van der Waals surface area contributed by atoms with E-state index in [1.54, 1.807) is 39.1 Å². The van der Waals surface area contributed by atoms with Crippen LogP contribution in [0.3, 0.4) is 0 Å². The van der Waals surface area contributed by atoms with E-state index < -0.39 is 11.7 Å². The van der Waals surface area contributed by atoms with Crippen LogP contribution in [0.4, 0.5) is 10.6 Å². The average Bonchev–Trinajstić information content (AvgIpc) is 2.62. The second-order valence-electron chi connectivity index (χ2n) is 5.18. The van der Waals surface area contributed by atoms with Gasteiger partial charge in [-0.05, 0) is 32.9 Å². The molecule has 0 saturated heterocycles. The Labute approximate surface area is 124 Å². The van der Waals surface area contributed by atoms with Crippen LogP contribution in [0.25, 0.3) is 5.52 Å². The summed E-state index contributed by atoms with van der Waals surface area (Å²) in [4.78, 5) is 23.0. The highest BCUT2D eigenvalue weighted by Crippen LogP contribution is 2.22. The summed E-state index contributed by atoms with van der Waals surface area (Å²) in [5, 5.41) is 6.63. The first kappa shape index (κ1) is 14.5. The number of amides is 1. The first-order valence-corrected chi connectivity index (χ1v) is 6.72. The van der Waals surface area contributed by atoms with Gasteiger partial charge in [-0.25, -0.2) is 9.31 Å². The van der Waals surface area contributed by atoms with Crippen molar-refractivity contribution in [2.75, 3.05) is 5.32 Å². The second-order valence-corrected chi connectivity index (χ2v) is 6.10. The SMILES string of the molecule is CC(C)(C)OC(=O)Nc1nn2ccc(Br)cc2c1C=O. The third-order valence-corrected chi connectivity index (χ3v) is 2.87. The molecule has 20 heavy (non-hydrogen) atoms. The molecule has 6 nitrogen and oxygen atoms in total. The lowest BCUT2D eigenvalue weighted by Crippen LogP contribution is -2.27. The fourth-order valence-electron chi connectivity index (χ4n) is 1.65. The molecule has 1 N–H and O–H groups in total. The largest absolute Gasteiger partial charge is 0.444 e. The van der Waals surface area contributed by atoms with E-state index in [-0.39, 0.29) is 5.82 Å². The zero-order chi connectivity index (χ0) is 14.9. The van der Waals surface area contributed by atoms with Crippen LogP contribution in [-0.2, 0) is 4.74 Å². The van der Waals surface area contributed by atoms with Gasteiger partial charge in [0, 0.05) is 10.7 Å². The van der Waals surface area contributed by atoms with Gasteiger partial charge >= 0.3 is 6.09 Å². The van der Waals surface area contributed by atoms with Crippen LogP contribution < -0.4 is 5.32 Å². The van der Waals surface area contributed by atoms with Crippen molar-refractivity contribution in [3.63, 3.8) is 0 Å². The Morgan fingerprint density at radius 3 is 2.80 bits per heavy atom. The quantitative estimate of drug-likeness (QED) is 0.852. The number of hydrogen-bond acceptors (Lipinski definition) is 4. The van der Waals surface area contributed by atoms with E-state index in [0.29, 0.717) is 17.4 Å². The monoisotopic (exact) mass is 339 g/mol. The van der Waals surface area contributed by atoms with E-state index in [4.69, 9.17) is 4.74 Å². The minimum Gasteiger partial charge on any atom is -0.444 e. The Bertz CT molecular complexity index is 673. The molecule has 7 heteroatoms. The van der Waals surface area contributed by atoms with Crippen molar-refractivity contribution >= 4 is 39.6 Å². The van der Waals surface area contributed by atoms with Gasteiger partial charge < -0.3 is 4.74 Å². The predicted molar refractivity (Wildman–Crippen MR) is 78.1 cm³/mol. The van der Waals surface area contributed by atoms with Gasteiger partial charge in [-0.15, -0.1) is 5.10 Å². The molecule has 0 atom stereocenters. The molecule has 2 heterocycles. The first-order chi connectivity index (χ1) is 9.30. The van der Waals surface area contributed by atoms with Crippen molar-refractivity contribution in [2.24, 2.45) is 0 Å². The first-order valence-electron chi connectivity index (χ1n) is 5.93. The van der Waals surface area contributed by atoms with Gasteiger partial charge in [0.15, 0.2) is 12.1 Å². The lowest BCUT2D eigenvalue weighted by Gasteiger charge is -2.19. The summed E-state index contributed by atoms with van der Waals surface area (Å²) >= 11 is 3.33. The number of halogens is 1. The summed E-state index contributed by atoms with van der Waals surface area (Å²) in [6.07, 6.45) is 1.69. The molecule has 0 fully saturated rings. The summed E-state index contributed by atoms with van der Waals surface area (Å²) in [5.74, 6) is 0.173. The van der Waals surface area contributed by atoms with E-state index in [0.717, 1.165) is 4.47 Å². The molecule has 0 aromatic carbocycles. The van der Waals surface area contributed by atoms with Crippen molar-refractivity contribution in [3.8, 4) is 0 Å². The standard InChI is InChI=1S/C13H14BrN3O3/c1-13(2,3)20-12(19)15-11-9(7-18)10-6-8(14)4-5-17(10)16-11/h4-7H,1-3H3,(H,15,16,19). The number of nitrogens with zero attached hydrogens (tertiary/aromatic N) is 2. The van der Waals surface area contributed by atoms with Gasteiger partial charge in [0.25, 0.3) is 0 Å². The van der Waals surface area contributed by atoms with Crippen LogP contribution in [0.15, 0.2) is 22.8 Å². The van der Waals surface area contributed by atoms with Gasteiger partial charge in [0.1, 0.15) is 5.60 Å². The number of anilines is 1. The Hall–Kier alpha value is -1.89. The Morgan fingerprint density at radius 2 is 2.20 bits per heavy atom. The second kappa shape index (κ2) is 5.24. The fourth-order valence-corrected chi connectivity index (χ4v) is 1.98. The van der Waals surface area contributed by atoms with Crippen LogP contribution in [0.5, 0.6) is 0 Å². The molecule has 0 saturated carbocycles. The highest BCUT2D eigenvalue weighted by Gasteiger charge is 2.20. The number of hydrogen-bond donors (Lipinski definition) is 1. The van der Waals surface area contributed by atoms with Crippen LogP contribution >= 0.6 is 15.9 Å². The van der Waals surface area contributed by atoms with Gasteiger partial charge in [-0.3, -0.25) is 10.1 Å². The normalized spacial score (nSPS) is 11.4. The lowest BCUT2D eigenvalue weighted by molar-refractivity contribution is 0.0635. The van der Waals surface area contributed by atoms with Crippen LogP contribution in [0, 0.1) is 0 Å². The minimum absolute atomic E-state index is 0.173. The van der Waals surface area contributed by atoms with Gasteiger partial charge in [-0.2, -0.15) is 0 Å². The number of rotatable bonds is 2. The number of ether oxygens (including phenoxy) is 1. The maximum Gasteiger partial charge on any atom is 0.413 e. The Balaban J connectivity index is 2.35. The van der Waals surface area contributed by atoms with Crippen LogP contribution in [0.2, 0.25) is 0 Å². The highest BCUT2D eigenvalue weighted by molar-refractivity contribution is 9.10. The molecule has 0 spiro atoms. The topological polar surface area (TPSA) is 72.7 Å². The van der Waals surface area contributed by atoms with E-state index in [1.807, 2.05) is 0 Å². The van der Waals surface area contributed by atoms with Crippen molar-refractivity contribution in [1.29, 1.82) is 0 Å². The molecule has 2 aromatic heterocycles. The number of aldehydes is 1. The smallest absolute Gasteiger partial charge is 0.413 e. The summed E-state index contributed by atoms with van der Waals surface area (Å²) in [5.41, 5.74) is 0.283. The van der Waals surface area contributed by atoms with E-state index in [1.165, 1.54) is 4.52 Å². The third-order valence-electron chi connectivity index (χ3n) is 2.37. The average molecular weight is 340 g/mol. The van der Waals surface area contributed by atoms with Crippen molar-refractivity contribution in [1.82, 2.24) is 9.61 Å². The number of carbonyl (C=O) groups is 2. The number of carbonyl (C=O) groups excluding carboxylic acids is 2. The fraction of sp³-hybridized carbons (Fsp3) is 0.308. The van der Waals surface area contributed by atoms with Crippen LogP contribution in [0.1, 0.15) is 31.1 Å². The van der Waals surface area contributed by atoms with Crippen molar-refractivity contribution in [2.45, 2.75) is 26.4 Å². The molecule has 0 aliphatic carbocycles. The minimum atomic E-state index is -0.650. The molecule has 2 rings (SSSR count). The molecule has 2 aromatic rings. The summed E-state index contributed by atoms with van der Waals surface area (Å²) in [7, 11) is 0. The Morgan fingerprint density at radius 1 is 1.50 bits per heavy atom. The maximum atomic E-state index is 11.7. The molecule has 0 unspecified atom stereocenters. The molecule has 0 bridgehead atoms. The maximum absolute atomic E-state index is 11.7. The van der Waals surface area contributed by atoms with Crippen molar-refractivity contribution in [3.05, 3.63) is 28.4 Å². The number of pyridine rings is 1. The number of nitrogens with one attached hydrogen (secondary N) is 1. The van der Waals surface area contributed by atoms with Crippen LogP contribution in [-0.4, -0.2) is 27.6 Å². The molecule has 106 valence electrons. The van der Waals surface area contributed by atoms with E-state index in [2.05, 4.69) is 26.3 Å². The molecular formula is C13H14BrN3O3.